The lowest BCUT2D eigenvalue weighted by molar-refractivity contribution is -0.201. The molecular formula is C9H14O4. The molecule has 0 amide bonds. The van der Waals surface area contributed by atoms with E-state index in [0.717, 1.165) is 0 Å². The molecule has 1 unspecified atom stereocenters. The molecule has 2 fully saturated rings. The van der Waals surface area contributed by atoms with Gasteiger partial charge in [0, 0.05) is 7.11 Å². The highest BCUT2D eigenvalue weighted by Gasteiger charge is 2.53. The van der Waals surface area contributed by atoms with Gasteiger partial charge in [-0.15, -0.1) is 0 Å². The van der Waals surface area contributed by atoms with Crippen molar-refractivity contribution in [2.24, 2.45) is 0 Å². The Bertz CT molecular complexity index is 236. The zero-order chi connectivity index (χ0) is 9.64. The summed E-state index contributed by atoms with van der Waals surface area (Å²) in [6.07, 6.45) is -0.772. The Kier molecular flexibility index (Phi) is 1.87. The van der Waals surface area contributed by atoms with Crippen LogP contribution in [0.1, 0.15) is 13.8 Å². The molecule has 0 radical (unpaired) electrons. The molecular weight excluding hydrogens is 172 g/mol. The maximum absolute atomic E-state index is 5.61. The molecule has 2 rings (SSSR count). The molecule has 2 aliphatic heterocycles. The third-order valence-electron chi connectivity index (χ3n) is 2.21. The zero-order valence-corrected chi connectivity index (χ0v) is 8.07. The summed E-state index contributed by atoms with van der Waals surface area (Å²) in [5.41, 5.74) is 0. The Labute approximate surface area is 77.4 Å². The standard InChI is InChI=1S/C9H14O4/c1-5-6-7(8(10-4)11-5)13-9(2,3)12-6/h6-8H,1H2,2-4H3/t6-,7-,8?/m0/s1. The van der Waals surface area contributed by atoms with E-state index >= 15 is 0 Å². The largest absolute Gasteiger partial charge is 0.464 e. The van der Waals surface area contributed by atoms with Crippen molar-refractivity contribution in [2.75, 3.05) is 7.11 Å². The summed E-state index contributed by atoms with van der Waals surface area (Å²) in [4.78, 5) is 0. The fourth-order valence-corrected chi connectivity index (χ4v) is 1.70. The molecule has 0 N–H and O–H groups in total. The van der Waals surface area contributed by atoms with Gasteiger partial charge in [0.25, 0.3) is 0 Å². The number of hydrogen-bond donors (Lipinski definition) is 0. The van der Waals surface area contributed by atoms with Crippen molar-refractivity contribution >= 4 is 0 Å². The first kappa shape index (κ1) is 8.99. The fourth-order valence-electron chi connectivity index (χ4n) is 1.70. The van der Waals surface area contributed by atoms with Gasteiger partial charge in [0.15, 0.2) is 11.9 Å². The highest BCUT2D eigenvalue weighted by molar-refractivity contribution is 5.08. The van der Waals surface area contributed by atoms with Crippen LogP contribution in [-0.4, -0.2) is 31.4 Å². The van der Waals surface area contributed by atoms with Crippen LogP contribution in [0.3, 0.4) is 0 Å². The second-order valence-corrected chi connectivity index (χ2v) is 3.71. The zero-order valence-electron chi connectivity index (χ0n) is 8.07. The van der Waals surface area contributed by atoms with E-state index in [0.29, 0.717) is 5.76 Å². The molecule has 0 saturated carbocycles. The summed E-state index contributed by atoms with van der Waals surface area (Å²) < 4.78 is 21.6. The topological polar surface area (TPSA) is 36.9 Å². The van der Waals surface area contributed by atoms with Gasteiger partial charge in [-0.2, -0.15) is 0 Å². The van der Waals surface area contributed by atoms with Crippen LogP contribution in [0.2, 0.25) is 0 Å². The van der Waals surface area contributed by atoms with Gasteiger partial charge < -0.3 is 18.9 Å². The number of ether oxygens (including phenoxy) is 4. The van der Waals surface area contributed by atoms with Gasteiger partial charge in [0.2, 0.25) is 6.29 Å². The van der Waals surface area contributed by atoms with Crippen LogP contribution >= 0.6 is 0 Å². The second-order valence-electron chi connectivity index (χ2n) is 3.71. The SMILES string of the molecule is C=C1OC(OC)[C@H]2OC(C)(C)O[C@@H]12. The van der Waals surface area contributed by atoms with Gasteiger partial charge in [0.05, 0.1) is 0 Å². The van der Waals surface area contributed by atoms with Gasteiger partial charge in [-0.25, -0.2) is 0 Å². The van der Waals surface area contributed by atoms with E-state index in [1.54, 1.807) is 7.11 Å². The minimum absolute atomic E-state index is 0.188. The predicted octanol–water partition coefficient (Wildman–Crippen LogP) is 1.02. The van der Waals surface area contributed by atoms with Crippen molar-refractivity contribution < 1.29 is 18.9 Å². The molecule has 0 spiro atoms. The Morgan fingerprint density at radius 2 is 2.08 bits per heavy atom. The highest BCUT2D eigenvalue weighted by atomic mass is 16.8. The second kappa shape index (κ2) is 2.70. The molecule has 13 heavy (non-hydrogen) atoms. The van der Waals surface area contributed by atoms with Crippen molar-refractivity contribution in [1.29, 1.82) is 0 Å². The Morgan fingerprint density at radius 3 is 2.69 bits per heavy atom. The molecule has 4 nitrogen and oxygen atoms in total. The van der Waals surface area contributed by atoms with Crippen molar-refractivity contribution in [3.8, 4) is 0 Å². The van der Waals surface area contributed by atoms with Crippen molar-refractivity contribution in [3.63, 3.8) is 0 Å². The molecule has 0 aliphatic carbocycles. The minimum Gasteiger partial charge on any atom is -0.464 e. The maximum atomic E-state index is 5.61. The minimum atomic E-state index is -0.571. The Morgan fingerprint density at radius 1 is 1.38 bits per heavy atom. The molecule has 4 heteroatoms. The van der Waals surface area contributed by atoms with Crippen LogP contribution in [0.4, 0.5) is 0 Å². The van der Waals surface area contributed by atoms with Crippen molar-refractivity contribution in [2.45, 2.75) is 38.1 Å². The first-order valence-electron chi connectivity index (χ1n) is 4.27. The molecule has 2 saturated heterocycles. The van der Waals surface area contributed by atoms with Crippen LogP contribution in [-0.2, 0) is 18.9 Å². The third kappa shape index (κ3) is 1.35. The smallest absolute Gasteiger partial charge is 0.228 e. The molecule has 0 aromatic rings. The molecule has 3 atom stereocenters. The molecule has 74 valence electrons. The van der Waals surface area contributed by atoms with E-state index in [9.17, 15) is 0 Å². The monoisotopic (exact) mass is 186 g/mol. The van der Waals surface area contributed by atoms with Crippen LogP contribution in [0, 0.1) is 0 Å². The van der Waals surface area contributed by atoms with E-state index in [4.69, 9.17) is 18.9 Å². The molecule has 0 bridgehead atoms. The van der Waals surface area contributed by atoms with E-state index in [2.05, 4.69) is 6.58 Å². The molecule has 2 heterocycles. The van der Waals surface area contributed by atoms with Crippen LogP contribution < -0.4 is 0 Å². The summed E-state index contributed by atoms with van der Waals surface area (Å²) in [5, 5.41) is 0. The van der Waals surface area contributed by atoms with E-state index in [-0.39, 0.29) is 18.5 Å². The normalized spacial score (nSPS) is 41.8. The predicted molar refractivity (Wildman–Crippen MR) is 44.8 cm³/mol. The van der Waals surface area contributed by atoms with Crippen molar-refractivity contribution in [1.82, 2.24) is 0 Å². The molecule has 2 aliphatic rings. The van der Waals surface area contributed by atoms with E-state index in [1.807, 2.05) is 13.8 Å². The average Bonchev–Trinajstić information content (AvgIpc) is 2.47. The summed E-state index contributed by atoms with van der Waals surface area (Å²) >= 11 is 0. The quantitative estimate of drug-likeness (QED) is 0.612. The first-order chi connectivity index (χ1) is 6.03. The Hall–Kier alpha value is -0.580. The van der Waals surface area contributed by atoms with Crippen LogP contribution in [0.5, 0.6) is 0 Å². The first-order valence-corrected chi connectivity index (χ1v) is 4.27. The lowest BCUT2D eigenvalue weighted by atomic mass is 10.2. The lowest BCUT2D eigenvalue weighted by Gasteiger charge is -2.21. The lowest BCUT2D eigenvalue weighted by Crippen LogP contribution is -2.30. The molecule has 0 aromatic heterocycles. The number of hydrogen-bond acceptors (Lipinski definition) is 4. The van der Waals surface area contributed by atoms with E-state index < -0.39 is 5.79 Å². The number of methoxy groups -OCH3 is 1. The molecule has 0 aromatic carbocycles. The summed E-state index contributed by atoms with van der Waals surface area (Å²) in [6.45, 7) is 7.49. The van der Waals surface area contributed by atoms with Crippen molar-refractivity contribution in [3.05, 3.63) is 12.3 Å². The summed E-state index contributed by atoms with van der Waals surface area (Å²) in [7, 11) is 1.58. The third-order valence-corrected chi connectivity index (χ3v) is 2.21. The van der Waals surface area contributed by atoms with Gasteiger partial charge in [-0.05, 0) is 13.8 Å². The number of fused-ring (bicyclic) bond motifs is 1. The summed E-state index contributed by atoms with van der Waals surface area (Å²) in [5.74, 6) is 0.0150. The van der Waals surface area contributed by atoms with E-state index in [1.165, 1.54) is 0 Å². The maximum Gasteiger partial charge on any atom is 0.228 e. The van der Waals surface area contributed by atoms with Crippen LogP contribution in [0.25, 0.3) is 0 Å². The van der Waals surface area contributed by atoms with Gasteiger partial charge in [-0.1, -0.05) is 6.58 Å². The van der Waals surface area contributed by atoms with Gasteiger partial charge in [0.1, 0.15) is 11.9 Å². The highest BCUT2D eigenvalue weighted by Crippen LogP contribution is 2.39. The van der Waals surface area contributed by atoms with Gasteiger partial charge >= 0.3 is 0 Å². The number of rotatable bonds is 1. The fraction of sp³-hybridized carbons (Fsp3) is 0.778. The Balaban J connectivity index is 2.17. The average molecular weight is 186 g/mol. The van der Waals surface area contributed by atoms with Gasteiger partial charge in [-0.3, -0.25) is 0 Å². The summed E-state index contributed by atoms with van der Waals surface area (Å²) in [6, 6.07) is 0. The van der Waals surface area contributed by atoms with Crippen LogP contribution in [0.15, 0.2) is 12.3 Å².